The van der Waals surface area contributed by atoms with Crippen LogP contribution in [0.1, 0.15) is 23.2 Å². The molecule has 33 heavy (non-hydrogen) atoms. The fourth-order valence-corrected chi connectivity index (χ4v) is 4.00. The molecule has 2 aromatic rings. The van der Waals surface area contributed by atoms with Crippen LogP contribution in [0.3, 0.4) is 0 Å². The van der Waals surface area contributed by atoms with Crippen LogP contribution in [0.2, 0.25) is 5.02 Å². The quantitative estimate of drug-likeness (QED) is 0.670. The molecule has 8 nitrogen and oxygen atoms in total. The molecule has 0 unspecified atom stereocenters. The molecular formula is C24H26ClN3O5. The van der Waals surface area contributed by atoms with Crippen molar-refractivity contribution in [2.45, 2.75) is 12.8 Å². The first-order valence-corrected chi connectivity index (χ1v) is 11.3. The summed E-state index contributed by atoms with van der Waals surface area (Å²) in [5.74, 6) is 0.673. The van der Waals surface area contributed by atoms with E-state index in [9.17, 15) is 14.4 Å². The lowest BCUT2D eigenvalue weighted by Gasteiger charge is -2.35. The van der Waals surface area contributed by atoms with E-state index >= 15 is 0 Å². The number of nitrogens with zero attached hydrogens (tertiary/aromatic N) is 2. The molecule has 1 saturated heterocycles. The molecule has 0 aromatic heterocycles. The zero-order valence-corrected chi connectivity index (χ0v) is 19.1. The molecule has 2 aromatic carbocycles. The Morgan fingerprint density at radius 3 is 2.36 bits per heavy atom. The number of ether oxygens (including phenoxy) is 2. The first kappa shape index (κ1) is 22.9. The Bertz CT molecular complexity index is 1050. The van der Waals surface area contributed by atoms with Crippen molar-refractivity contribution in [3.8, 4) is 11.5 Å². The number of carbonyl (C=O) groups is 3. The van der Waals surface area contributed by atoms with Crippen molar-refractivity contribution in [1.29, 1.82) is 0 Å². The van der Waals surface area contributed by atoms with Gasteiger partial charge in [-0.1, -0.05) is 23.7 Å². The summed E-state index contributed by atoms with van der Waals surface area (Å²) >= 11 is 6.09. The lowest BCUT2D eigenvalue weighted by molar-refractivity contribution is -0.134. The van der Waals surface area contributed by atoms with Gasteiger partial charge in [0.05, 0.1) is 17.7 Å². The Kier molecular flexibility index (Phi) is 7.03. The van der Waals surface area contributed by atoms with Crippen LogP contribution in [0, 0.1) is 5.92 Å². The third-order valence-electron chi connectivity index (χ3n) is 5.72. The number of nitrogens with one attached hydrogen (secondary N) is 1. The summed E-state index contributed by atoms with van der Waals surface area (Å²) in [5.41, 5.74) is 0.900. The Hall–Kier alpha value is -3.26. The minimum atomic E-state index is -0.384. The molecule has 1 aliphatic heterocycles. The van der Waals surface area contributed by atoms with Gasteiger partial charge in [0.2, 0.25) is 5.91 Å². The lowest BCUT2D eigenvalue weighted by atomic mass is 10.1. The van der Waals surface area contributed by atoms with Crippen molar-refractivity contribution < 1.29 is 23.9 Å². The van der Waals surface area contributed by atoms with Crippen molar-refractivity contribution in [3.63, 3.8) is 0 Å². The lowest BCUT2D eigenvalue weighted by Crippen LogP contribution is -2.51. The van der Waals surface area contributed by atoms with Gasteiger partial charge in [-0.05, 0) is 43.2 Å². The number of methoxy groups -OCH3 is 1. The number of hydrogen-bond acceptors (Lipinski definition) is 5. The van der Waals surface area contributed by atoms with Crippen LogP contribution in [0.15, 0.2) is 42.5 Å². The first-order chi connectivity index (χ1) is 16.0. The number of carbonyl (C=O) groups excluding carboxylic acids is 3. The predicted octanol–water partition coefficient (Wildman–Crippen LogP) is 3.06. The van der Waals surface area contributed by atoms with Crippen molar-refractivity contribution in [1.82, 2.24) is 9.80 Å². The monoisotopic (exact) mass is 471 g/mol. The number of piperazine rings is 1. The molecule has 2 aliphatic rings. The van der Waals surface area contributed by atoms with Gasteiger partial charge in [-0.3, -0.25) is 14.4 Å². The highest BCUT2D eigenvalue weighted by atomic mass is 35.5. The second kappa shape index (κ2) is 10.1. The van der Waals surface area contributed by atoms with E-state index in [4.69, 9.17) is 21.1 Å². The highest BCUT2D eigenvalue weighted by Crippen LogP contribution is 2.31. The number of rotatable bonds is 7. The summed E-state index contributed by atoms with van der Waals surface area (Å²) in [6, 6.07) is 11.8. The zero-order chi connectivity index (χ0) is 23.4. The van der Waals surface area contributed by atoms with Crippen LogP contribution in [0.5, 0.6) is 11.5 Å². The maximum absolute atomic E-state index is 13.1. The summed E-state index contributed by atoms with van der Waals surface area (Å²) in [4.78, 5) is 41.3. The summed E-state index contributed by atoms with van der Waals surface area (Å²) in [6.45, 7) is 1.76. The molecule has 9 heteroatoms. The van der Waals surface area contributed by atoms with Gasteiger partial charge in [0.25, 0.3) is 11.8 Å². The van der Waals surface area contributed by atoms with Crippen molar-refractivity contribution >= 4 is 35.0 Å². The van der Waals surface area contributed by atoms with E-state index in [-0.39, 0.29) is 30.2 Å². The molecule has 0 radical (unpaired) electrons. The summed E-state index contributed by atoms with van der Waals surface area (Å²) < 4.78 is 10.8. The Balaban J connectivity index is 1.33. The summed E-state index contributed by atoms with van der Waals surface area (Å²) in [5, 5.41) is 3.09. The van der Waals surface area contributed by atoms with Gasteiger partial charge >= 0.3 is 0 Å². The second-order valence-corrected chi connectivity index (χ2v) is 8.48. The van der Waals surface area contributed by atoms with E-state index in [2.05, 4.69) is 5.32 Å². The van der Waals surface area contributed by atoms with E-state index in [0.717, 1.165) is 12.8 Å². The summed E-state index contributed by atoms with van der Waals surface area (Å²) in [6.07, 6.45) is 1.95. The fourth-order valence-electron chi connectivity index (χ4n) is 3.74. The second-order valence-electron chi connectivity index (χ2n) is 8.07. The van der Waals surface area contributed by atoms with E-state index in [1.807, 2.05) is 4.90 Å². The Labute approximate surface area is 197 Å². The SMILES string of the molecule is COc1ccc(NC(=O)COc2ccccc2C(=O)N2CCN(C(=O)C3CC3)CC2)cc1Cl. The average molecular weight is 472 g/mol. The smallest absolute Gasteiger partial charge is 0.262 e. The molecule has 174 valence electrons. The molecule has 4 rings (SSSR count). The highest BCUT2D eigenvalue weighted by molar-refractivity contribution is 6.32. The van der Waals surface area contributed by atoms with E-state index in [1.54, 1.807) is 47.4 Å². The maximum Gasteiger partial charge on any atom is 0.262 e. The summed E-state index contributed by atoms with van der Waals surface area (Å²) in [7, 11) is 1.51. The number of anilines is 1. The van der Waals surface area contributed by atoms with E-state index in [0.29, 0.717) is 54.0 Å². The molecular weight excluding hydrogens is 446 g/mol. The van der Waals surface area contributed by atoms with Crippen molar-refractivity contribution in [2.75, 3.05) is 45.2 Å². The zero-order valence-electron chi connectivity index (χ0n) is 18.4. The van der Waals surface area contributed by atoms with Gasteiger partial charge in [-0.15, -0.1) is 0 Å². The van der Waals surface area contributed by atoms with Crippen LogP contribution in [0.25, 0.3) is 0 Å². The van der Waals surface area contributed by atoms with Crippen LogP contribution in [-0.2, 0) is 9.59 Å². The molecule has 1 N–H and O–H groups in total. The number of halogens is 1. The standard InChI is InChI=1S/C24H26ClN3O5/c1-32-21-9-8-17(14-19(21)25)26-22(29)15-33-20-5-3-2-4-18(20)24(31)28-12-10-27(11-13-28)23(30)16-6-7-16/h2-5,8-9,14,16H,6-7,10-13,15H2,1H3,(H,26,29). The van der Waals surface area contributed by atoms with Crippen molar-refractivity contribution in [2.24, 2.45) is 5.92 Å². The minimum absolute atomic E-state index is 0.175. The van der Waals surface area contributed by atoms with Gasteiger partial charge < -0.3 is 24.6 Å². The van der Waals surface area contributed by atoms with Gasteiger partial charge in [0.1, 0.15) is 11.5 Å². The largest absolute Gasteiger partial charge is 0.495 e. The number of benzene rings is 2. The fraction of sp³-hybridized carbons (Fsp3) is 0.375. The van der Waals surface area contributed by atoms with Gasteiger partial charge in [0, 0.05) is 37.8 Å². The topological polar surface area (TPSA) is 88.2 Å². The maximum atomic E-state index is 13.1. The molecule has 0 bridgehead atoms. The van der Waals surface area contributed by atoms with Crippen LogP contribution < -0.4 is 14.8 Å². The van der Waals surface area contributed by atoms with Gasteiger partial charge in [-0.25, -0.2) is 0 Å². The molecule has 1 saturated carbocycles. The molecule has 0 spiro atoms. The minimum Gasteiger partial charge on any atom is -0.495 e. The number of hydrogen-bond donors (Lipinski definition) is 1. The van der Waals surface area contributed by atoms with Crippen LogP contribution in [-0.4, -0.2) is 67.4 Å². The van der Waals surface area contributed by atoms with E-state index in [1.165, 1.54) is 7.11 Å². The molecule has 2 fully saturated rings. The first-order valence-electron chi connectivity index (χ1n) is 10.9. The van der Waals surface area contributed by atoms with E-state index < -0.39 is 0 Å². The molecule has 0 atom stereocenters. The third-order valence-corrected chi connectivity index (χ3v) is 6.01. The van der Waals surface area contributed by atoms with Crippen LogP contribution >= 0.6 is 11.6 Å². The molecule has 3 amide bonds. The Morgan fingerprint density at radius 1 is 1.00 bits per heavy atom. The highest BCUT2D eigenvalue weighted by Gasteiger charge is 2.35. The molecule has 1 heterocycles. The average Bonchev–Trinajstić information content (AvgIpc) is 3.68. The van der Waals surface area contributed by atoms with Gasteiger partial charge in [-0.2, -0.15) is 0 Å². The number of para-hydroxylation sites is 1. The third kappa shape index (κ3) is 5.57. The number of amides is 3. The Morgan fingerprint density at radius 2 is 1.70 bits per heavy atom. The predicted molar refractivity (Wildman–Crippen MR) is 124 cm³/mol. The molecule has 1 aliphatic carbocycles. The van der Waals surface area contributed by atoms with Crippen molar-refractivity contribution in [3.05, 3.63) is 53.1 Å². The normalized spacial score (nSPS) is 15.7. The van der Waals surface area contributed by atoms with Crippen LogP contribution in [0.4, 0.5) is 5.69 Å². The van der Waals surface area contributed by atoms with Gasteiger partial charge in [0.15, 0.2) is 6.61 Å².